The fraction of sp³-hybridized carbons (Fsp3) is 0.138. The van der Waals surface area contributed by atoms with Gasteiger partial charge in [0.2, 0.25) is 5.91 Å². The van der Waals surface area contributed by atoms with Crippen molar-refractivity contribution < 1.29 is 14.3 Å². The lowest BCUT2D eigenvalue weighted by Gasteiger charge is -2.29. The predicted molar refractivity (Wildman–Crippen MR) is 156 cm³/mol. The Bertz CT molecular complexity index is 1500. The number of amides is 1. The number of nitriles is 1. The third-order valence-corrected chi connectivity index (χ3v) is 7.84. The summed E-state index contributed by atoms with van der Waals surface area (Å²) in [7, 11) is 0. The molecule has 6 nitrogen and oxygen atoms in total. The summed E-state index contributed by atoms with van der Waals surface area (Å²) >= 11 is 19.2. The molecule has 39 heavy (non-hydrogen) atoms. The number of dihydropyridines is 1. The minimum absolute atomic E-state index is 0.00215. The van der Waals surface area contributed by atoms with Crippen LogP contribution in [0.1, 0.15) is 24.0 Å². The molecule has 0 fully saturated rings. The van der Waals surface area contributed by atoms with E-state index >= 15 is 0 Å². The first-order valence-electron chi connectivity index (χ1n) is 11.7. The monoisotopic (exact) mass is 597 g/mol. The van der Waals surface area contributed by atoms with Crippen molar-refractivity contribution in [3.8, 4) is 6.07 Å². The van der Waals surface area contributed by atoms with Gasteiger partial charge in [-0.05, 0) is 48.4 Å². The molecule has 3 aromatic carbocycles. The standard InChI is InChI=1S/C29H22Cl3N3O3S/c1-17-26(29(37)38-15-18-5-3-2-4-6-18)27(19-7-9-20(30)10-8-19)22(14-33)28(34-17)39-16-25(36)35-21-11-12-23(31)24(32)13-21/h2-13,27,34H,15-16H2,1H3,(H,35,36)/t27-/m1/s1. The Morgan fingerprint density at radius 2 is 1.74 bits per heavy atom. The largest absolute Gasteiger partial charge is 0.457 e. The molecule has 0 bridgehead atoms. The van der Waals surface area contributed by atoms with Crippen molar-refractivity contribution in [1.82, 2.24) is 5.32 Å². The minimum atomic E-state index is -0.711. The maximum atomic E-state index is 13.4. The van der Waals surface area contributed by atoms with Crippen LogP contribution in [0, 0.1) is 11.3 Å². The highest BCUT2D eigenvalue weighted by Crippen LogP contribution is 2.41. The number of anilines is 1. The van der Waals surface area contributed by atoms with Crippen LogP contribution in [-0.4, -0.2) is 17.6 Å². The predicted octanol–water partition coefficient (Wildman–Crippen LogP) is 7.46. The van der Waals surface area contributed by atoms with Crippen molar-refractivity contribution in [1.29, 1.82) is 5.26 Å². The Hall–Kier alpha value is -3.41. The lowest BCUT2D eigenvalue weighted by Crippen LogP contribution is -2.29. The fourth-order valence-electron chi connectivity index (χ4n) is 4.00. The van der Waals surface area contributed by atoms with E-state index in [1.54, 1.807) is 49.4 Å². The highest BCUT2D eigenvalue weighted by molar-refractivity contribution is 8.03. The van der Waals surface area contributed by atoms with Crippen LogP contribution in [-0.2, 0) is 20.9 Å². The van der Waals surface area contributed by atoms with Gasteiger partial charge >= 0.3 is 5.97 Å². The van der Waals surface area contributed by atoms with Crippen LogP contribution in [0.15, 0.2) is 94.7 Å². The van der Waals surface area contributed by atoms with E-state index < -0.39 is 11.9 Å². The van der Waals surface area contributed by atoms with Crippen molar-refractivity contribution in [3.05, 3.63) is 121 Å². The molecule has 1 aliphatic rings. The number of benzene rings is 3. The molecule has 1 aliphatic heterocycles. The topological polar surface area (TPSA) is 91.2 Å². The highest BCUT2D eigenvalue weighted by Gasteiger charge is 2.35. The summed E-state index contributed by atoms with van der Waals surface area (Å²) in [6.45, 7) is 1.83. The smallest absolute Gasteiger partial charge is 0.337 e. The van der Waals surface area contributed by atoms with Crippen LogP contribution in [0.25, 0.3) is 0 Å². The number of ether oxygens (including phenoxy) is 1. The normalized spacial score (nSPS) is 14.9. The van der Waals surface area contributed by atoms with Gasteiger partial charge in [0, 0.05) is 16.4 Å². The summed E-state index contributed by atoms with van der Waals surface area (Å²) in [5.74, 6) is -1.56. The summed E-state index contributed by atoms with van der Waals surface area (Å²) in [6, 6.07) is 23.3. The van der Waals surface area contributed by atoms with Gasteiger partial charge in [-0.25, -0.2) is 4.79 Å². The van der Waals surface area contributed by atoms with Gasteiger partial charge < -0.3 is 15.4 Å². The summed E-state index contributed by atoms with van der Waals surface area (Å²) in [5, 5.41) is 17.8. The van der Waals surface area contributed by atoms with Gasteiger partial charge in [-0.3, -0.25) is 4.79 Å². The third kappa shape index (κ3) is 7.17. The van der Waals surface area contributed by atoms with E-state index in [0.29, 0.717) is 48.2 Å². The maximum absolute atomic E-state index is 13.4. The van der Waals surface area contributed by atoms with E-state index in [1.165, 1.54) is 0 Å². The zero-order valence-corrected chi connectivity index (χ0v) is 23.7. The molecular formula is C29H22Cl3N3O3S. The third-order valence-electron chi connectivity index (χ3n) is 5.83. The fourth-order valence-corrected chi connectivity index (χ4v) is 5.31. The van der Waals surface area contributed by atoms with Crippen LogP contribution >= 0.6 is 46.6 Å². The molecule has 3 aromatic rings. The van der Waals surface area contributed by atoms with E-state index in [0.717, 1.165) is 17.3 Å². The second-order valence-corrected chi connectivity index (χ2v) is 10.8. The van der Waals surface area contributed by atoms with Crippen LogP contribution in [0.4, 0.5) is 5.69 Å². The number of esters is 1. The van der Waals surface area contributed by atoms with Crippen molar-refractivity contribution in [3.63, 3.8) is 0 Å². The van der Waals surface area contributed by atoms with Crippen LogP contribution in [0.3, 0.4) is 0 Å². The molecule has 2 N–H and O–H groups in total. The number of nitrogens with one attached hydrogen (secondary N) is 2. The Labute approximate surface area is 245 Å². The number of thioether (sulfide) groups is 1. The lowest BCUT2D eigenvalue weighted by molar-refractivity contribution is -0.140. The van der Waals surface area contributed by atoms with Gasteiger partial charge in [0.25, 0.3) is 0 Å². The average molecular weight is 599 g/mol. The zero-order valence-electron chi connectivity index (χ0n) is 20.6. The zero-order chi connectivity index (χ0) is 27.9. The number of allylic oxidation sites excluding steroid dienone is 2. The van der Waals surface area contributed by atoms with Gasteiger partial charge in [0.05, 0.1) is 44.0 Å². The molecule has 0 unspecified atom stereocenters. The first-order valence-corrected chi connectivity index (χ1v) is 13.8. The van der Waals surface area contributed by atoms with Gasteiger partial charge in [0.1, 0.15) is 6.61 Å². The number of hydrogen-bond donors (Lipinski definition) is 2. The molecular weight excluding hydrogens is 577 g/mol. The molecule has 0 aromatic heterocycles. The van der Waals surface area contributed by atoms with Gasteiger partial charge in [-0.2, -0.15) is 5.26 Å². The van der Waals surface area contributed by atoms with Gasteiger partial charge in [0.15, 0.2) is 0 Å². The molecule has 0 spiro atoms. The van der Waals surface area contributed by atoms with Gasteiger partial charge in [-0.1, -0.05) is 89.0 Å². The summed E-state index contributed by atoms with van der Waals surface area (Å²) < 4.78 is 5.64. The quantitative estimate of drug-likeness (QED) is 0.262. The molecule has 1 amide bonds. The average Bonchev–Trinajstić information content (AvgIpc) is 2.93. The Balaban J connectivity index is 1.58. The summed E-state index contributed by atoms with van der Waals surface area (Å²) in [6.07, 6.45) is 0. The maximum Gasteiger partial charge on any atom is 0.337 e. The molecule has 0 radical (unpaired) electrons. The van der Waals surface area contributed by atoms with E-state index in [9.17, 15) is 14.9 Å². The number of carbonyl (C=O) groups is 2. The molecule has 0 saturated heterocycles. The molecule has 4 rings (SSSR count). The molecule has 198 valence electrons. The molecule has 0 aliphatic carbocycles. The lowest BCUT2D eigenvalue weighted by atomic mass is 9.82. The number of nitrogens with zero attached hydrogens (tertiary/aromatic N) is 1. The summed E-state index contributed by atoms with van der Waals surface area (Å²) in [5.41, 5.74) is 3.17. The van der Waals surface area contributed by atoms with E-state index in [-0.39, 0.29) is 18.3 Å². The Kier molecular flexibility index (Phi) is 9.60. The van der Waals surface area contributed by atoms with Crippen LogP contribution in [0.5, 0.6) is 0 Å². The SMILES string of the molecule is CC1=C(C(=O)OCc2ccccc2)[C@H](c2ccc(Cl)cc2)C(C#N)=C(SCC(=O)Nc2ccc(Cl)c(Cl)c2)N1. The number of rotatable bonds is 8. The van der Waals surface area contributed by atoms with Crippen molar-refractivity contribution >= 4 is 64.1 Å². The number of carbonyl (C=O) groups excluding carboxylic acids is 2. The summed E-state index contributed by atoms with van der Waals surface area (Å²) in [4.78, 5) is 26.0. The molecule has 1 heterocycles. The van der Waals surface area contributed by atoms with Crippen LogP contribution < -0.4 is 10.6 Å². The van der Waals surface area contributed by atoms with E-state index in [4.69, 9.17) is 39.5 Å². The molecule has 1 atom stereocenters. The van der Waals surface area contributed by atoms with Crippen LogP contribution in [0.2, 0.25) is 15.1 Å². The number of hydrogen-bond acceptors (Lipinski definition) is 6. The van der Waals surface area contributed by atoms with E-state index in [2.05, 4.69) is 16.7 Å². The minimum Gasteiger partial charge on any atom is -0.457 e. The second-order valence-electron chi connectivity index (χ2n) is 8.53. The van der Waals surface area contributed by atoms with Crippen molar-refractivity contribution in [2.75, 3.05) is 11.1 Å². The molecule has 10 heteroatoms. The second kappa shape index (κ2) is 13.1. The van der Waals surface area contributed by atoms with Gasteiger partial charge in [-0.15, -0.1) is 0 Å². The first-order chi connectivity index (χ1) is 18.8. The van der Waals surface area contributed by atoms with Crippen molar-refractivity contribution in [2.24, 2.45) is 0 Å². The number of halogens is 3. The highest BCUT2D eigenvalue weighted by atomic mass is 35.5. The Morgan fingerprint density at radius 3 is 2.41 bits per heavy atom. The van der Waals surface area contributed by atoms with E-state index in [1.807, 2.05) is 30.3 Å². The molecule has 0 saturated carbocycles. The Morgan fingerprint density at radius 1 is 1.03 bits per heavy atom. The van der Waals surface area contributed by atoms with Crippen molar-refractivity contribution in [2.45, 2.75) is 19.4 Å². The first kappa shape index (κ1) is 28.6.